The highest BCUT2D eigenvalue weighted by Gasteiger charge is 2.44. The highest BCUT2D eigenvalue weighted by atomic mass is 16.4. The summed E-state index contributed by atoms with van der Waals surface area (Å²) in [4.78, 5) is 33.2. The Hall–Kier alpha value is -2.76. The monoisotopic (exact) mass is 325 g/mol. The molecule has 1 aliphatic rings. The second kappa shape index (κ2) is 6.03. The molecule has 1 amide bonds. The minimum Gasteiger partial charge on any atom is -0.476 e. The summed E-state index contributed by atoms with van der Waals surface area (Å²) in [5.74, 6) is -1.14. The Bertz CT molecular complexity index is 757. The Morgan fingerprint density at radius 2 is 1.75 bits per heavy atom. The molecule has 1 atom stereocenters. The molecule has 0 radical (unpaired) electrons. The van der Waals surface area contributed by atoms with Crippen LogP contribution in [0.4, 0.5) is 0 Å². The van der Waals surface area contributed by atoms with Crippen molar-refractivity contribution in [3.8, 4) is 0 Å². The number of aromatic nitrogens is 2. The van der Waals surface area contributed by atoms with Crippen molar-refractivity contribution in [2.45, 2.75) is 31.7 Å². The van der Waals surface area contributed by atoms with Crippen LogP contribution in [0.25, 0.3) is 0 Å². The number of nitrogens with zero attached hydrogens (tertiary/aromatic N) is 3. The maximum absolute atomic E-state index is 12.8. The molecule has 1 N–H and O–H groups in total. The Kier molecular flexibility index (Phi) is 4.05. The van der Waals surface area contributed by atoms with Crippen LogP contribution in [0.2, 0.25) is 0 Å². The molecule has 0 bridgehead atoms. The van der Waals surface area contributed by atoms with Crippen LogP contribution >= 0.6 is 0 Å². The number of amides is 1. The van der Waals surface area contributed by atoms with Gasteiger partial charge in [0.1, 0.15) is 5.69 Å². The number of carbonyl (C=O) groups is 2. The first kappa shape index (κ1) is 16.1. The van der Waals surface area contributed by atoms with E-state index in [4.69, 9.17) is 5.11 Å². The van der Waals surface area contributed by atoms with Gasteiger partial charge in [0.2, 0.25) is 0 Å². The molecule has 6 heteroatoms. The van der Waals surface area contributed by atoms with Crippen LogP contribution in [-0.2, 0) is 0 Å². The Morgan fingerprint density at radius 3 is 2.33 bits per heavy atom. The van der Waals surface area contributed by atoms with Gasteiger partial charge in [0.15, 0.2) is 5.69 Å². The minimum atomic E-state index is -1.16. The fourth-order valence-corrected chi connectivity index (χ4v) is 3.40. The Morgan fingerprint density at radius 1 is 1.12 bits per heavy atom. The Balaban J connectivity index is 1.84. The van der Waals surface area contributed by atoms with Gasteiger partial charge in [-0.25, -0.2) is 14.8 Å². The van der Waals surface area contributed by atoms with Crippen LogP contribution in [0, 0.1) is 0 Å². The first-order valence-electron chi connectivity index (χ1n) is 7.83. The lowest BCUT2D eigenvalue weighted by Crippen LogP contribution is -2.45. The van der Waals surface area contributed by atoms with E-state index in [1.54, 1.807) is 4.90 Å². The van der Waals surface area contributed by atoms with Gasteiger partial charge < -0.3 is 10.0 Å². The van der Waals surface area contributed by atoms with Gasteiger partial charge in [-0.3, -0.25) is 4.79 Å². The predicted octanol–water partition coefficient (Wildman–Crippen LogP) is 2.58. The van der Waals surface area contributed by atoms with E-state index < -0.39 is 5.97 Å². The van der Waals surface area contributed by atoms with E-state index in [1.807, 2.05) is 18.2 Å². The van der Waals surface area contributed by atoms with Crippen molar-refractivity contribution in [3.63, 3.8) is 0 Å². The zero-order valence-electron chi connectivity index (χ0n) is 13.6. The van der Waals surface area contributed by atoms with E-state index in [-0.39, 0.29) is 28.8 Å². The molecule has 0 aliphatic carbocycles. The number of carboxylic acid groups (broad SMARTS) is 1. The van der Waals surface area contributed by atoms with E-state index >= 15 is 0 Å². The van der Waals surface area contributed by atoms with E-state index in [1.165, 1.54) is 11.8 Å². The standard InChI is InChI=1S/C18H19N3O3/c1-18(2)13(12-6-4-3-5-7-12)8-9-21(18)16(22)14-10-20-15(11-19-14)17(23)24/h3-7,10-11,13H,8-9H2,1-2H3,(H,23,24). The molecule has 124 valence electrons. The zero-order valence-corrected chi connectivity index (χ0v) is 13.6. The summed E-state index contributed by atoms with van der Waals surface area (Å²) in [6, 6.07) is 10.2. The van der Waals surface area contributed by atoms with Gasteiger partial charge in [0.05, 0.1) is 12.4 Å². The highest BCUT2D eigenvalue weighted by Crippen LogP contribution is 2.42. The van der Waals surface area contributed by atoms with Gasteiger partial charge >= 0.3 is 5.97 Å². The first-order chi connectivity index (χ1) is 11.4. The smallest absolute Gasteiger partial charge is 0.356 e. The number of hydrogen-bond donors (Lipinski definition) is 1. The zero-order chi connectivity index (χ0) is 17.3. The summed E-state index contributed by atoms with van der Waals surface area (Å²) in [5.41, 5.74) is 0.854. The summed E-state index contributed by atoms with van der Waals surface area (Å²) in [6.07, 6.45) is 3.23. The van der Waals surface area contributed by atoms with E-state index in [0.29, 0.717) is 6.54 Å². The fourth-order valence-electron chi connectivity index (χ4n) is 3.40. The third-order valence-electron chi connectivity index (χ3n) is 4.73. The van der Waals surface area contributed by atoms with Gasteiger partial charge in [-0.1, -0.05) is 30.3 Å². The van der Waals surface area contributed by atoms with Crippen molar-refractivity contribution in [1.82, 2.24) is 14.9 Å². The summed E-state index contributed by atoms with van der Waals surface area (Å²) < 4.78 is 0. The van der Waals surface area contributed by atoms with E-state index in [0.717, 1.165) is 12.6 Å². The summed E-state index contributed by atoms with van der Waals surface area (Å²) in [6.45, 7) is 4.73. The molecule has 1 aromatic carbocycles. The van der Waals surface area contributed by atoms with Crippen LogP contribution in [0.5, 0.6) is 0 Å². The minimum absolute atomic E-state index is 0.168. The number of benzene rings is 1. The summed E-state index contributed by atoms with van der Waals surface area (Å²) in [7, 11) is 0. The Labute approximate surface area is 140 Å². The maximum atomic E-state index is 12.8. The molecule has 1 aromatic heterocycles. The van der Waals surface area contributed by atoms with Crippen molar-refractivity contribution in [2.24, 2.45) is 0 Å². The third kappa shape index (κ3) is 2.75. The molecule has 1 fully saturated rings. The maximum Gasteiger partial charge on any atom is 0.356 e. The summed E-state index contributed by atoms with van der Waals surface area (Å²) in [5, 5.41) is 8.87. The number of carboxylic acids is 1. The average molecular weight is 325 g/mol. The van der Waals surface area contributed by atoms with Crippen molar-refractivity contribution in [2.75, 3.05) is 6.54 Å². The number of hydrogen-bond acceptors (Lipinski definition) is 4. The molecule has 3 rings (SSSR count). The van der Waals surface area contributed by atoms with Gasteiger partial charge in [0, 0.05) is 18.0 Å². The van der Waals surface area contributed by atoms with Gasteiger partial charge in [-0.15, -0.1) is 0 Å². The molecule has 24 heavy (non-hydrogen) atoms. The SMILES string of the molecule is CC1(C)C(c2ccccc2)CCN1C(=O)c1cnc(C(=O)O)cn1. The topological polar surface area (TPSA) is 83.4 Å². The lowest BCUT2D eigenvalue weighted by Gasteiger charge is -2.36. The normalized spacial score (nSPS) is 19.2. The van der Waals surface area contributed by atoms with Crippen LogP contribution in [-0.4, -0.2) is 43.9 Å². The van der Waals surface area contributed by atoms with Crippen molar-refractivity contribution >= 4 is 11.9 Å². The van der Waals surface area contributed by atoms with Gasteiger partial charge in [-0.2, -0.15) is 0 Å². The quantitative estimate of drug-likeness (QED) is 0.938. The number of carbonyl (C=O) groups excluding carboxylic acids is 1. The van der Waals surface area contributed by atoms with Crippen molar-refractivity contribution in [3.05, 3.63) is 59.7 Å². The van der Waals surface area contributed by atoms with Crippen LogP contribution in [0.1, 0.15) is 52.7 Å². The average Bonchev–Trinajstić information content (AvgIpc) is 2.90. The molecular formula is C18H19N3O3. The lowest BCUT2D eigenvalue weighted by molar-refractivity contribution is 0.0624. The molecule has 0 saturated carbocycles. The van der Waals surface area contributed by atoms with Crippen LogP contribution in [0.15, 0.2) is 42.7 Å². The van der Waals surface area contributed by atoms with Crippen molar-refractivity contribution < 1.29 is 14.7 Å². The second-order valence-electron chi connectivity index (χ2n) is 6.45. The number of aromatic carboxylic acids is 1. The first-order valence-corrected chi connectivity index (χ1v) is 7.83. The second-order valence-corrected chi connectivity index (χ2v) is 6.45. The predicted molar refractivity (Wildman–Crippen MR) is 87.9 cm³/mol. The highest BCUT2D eigenvalue weighted by molar-refractivity contribution is 5.93. The molecule has 1 unspecified atom stereocenters. The molecular weight excluding hydrogens is 306 g/mol. The van der Waals surface area contributed by atoms with Crippen LogP contribution < -0.4 is 0 Å². The molecule has 2 heterocycles. The van der Waals surface area contributed by atoms with E-state index in [9.17, 15) is 9.59 Å². The molecule has 1 aliphatic heterocycles. The van der Waals surface area contributed by atoms with Gasteiger partial charge in [-0.05, 0) is 25.8 Å². The van der Waals surface area contributed by atoms with Crippen molar-refractivity contribution in [1.29, 1.82) is 0 Å². The molecule has 2 aromatic rings. The largest absolute Gasteiger partial charge is 0.476 e. The summed E-state index contributed by atoms with van der Waals surface area (Å²) >= 11 is 0. The molecule has 0 spiro atoms. The van der Waals surface area contributed by atoms with Crippen LogP contribution in [0.3, 0.4) is 0 Å². The molecule has 1 saturated heterocycles. The number of rotatable bonds is 3. The third-order valence-corrected chi connectivity index (χ3v) is 4.73. The lowest BCUT2D eigenvalue weighted by atomic mass is 9.82. The fraction of sp³-hybridized carbons (Fsp3) is 0.333. The molecule has 6 nitrogen and oxygen atoms in total. The number of likely N-dealkylation sites (tertiary alicyclic amines) is 1. The van der Waals surface area contributed by atoms with Gasteiger partial charge in [0.25, 0.3) is 5.91 Å². The van der Waals surface area contributed by atoms with E-state index in [2.05, 4.69) is 35.9 Å².